The van der Waals surface area contributed by atoms with Crippen LogP contribution < -0.4 is 0 Å². The summed E-state index contributed by atoms with van der Waals surface area (Å²) in [5.74, 6) is 0.00372. The number of rotatable bonds is 7. The fourth-order valence-corrected chi connectivity index (χ4v) is 3.80. The maximum absolute atomic E-state index is 12.4. The van der Waals surface area contributed by atoms with Gasteiger partial charge in [0.05, 0.1) is 24.9 Å². The topological polar surface area (TPSA) is 48.0 Å². The molecule has 1 aromatic heterocycles. The molecule has 126 valence electrons. The molecule has 2 heterocycles. The summed E-state index contributed by atoms with van der Waals surface area (Å²) in [6.45, 7) is 5.38. The summed E-state index contributed by atoms with van der Waals surface area (Å²) in [4.78, 5) is 15.4. The van der Waals surface area contributed by atoms with Crippen LogP contribution in [-0.4, -0.2) is 49.1 Å². The third-order valence-corrected chi connectivity index (χ3v) is 5.18. The highest BCUT2D eigenvalue weighted by atomic mass is 32.1. The average molecular weight is 337 g/mol. The Morgan fingerprint density at radius 2 is 2.30 bits per heavy atom. The number of fused-ring (bicyclic) bond motifs is 1. The number of thiophene rings is 1. The second-order valence-corrected chi connectivity index (χ2v) is 6.95. The fraction of sp³-hybridized carbons (Fsp3) is 0.588. The monoisotopic (exact) mass is 337 g/mol. The molecule has 2 aliphatic rings. The van der Waals surface area contributed by atoms with Crippen molar-refractivity contribution in [3.63, 3.8) is 0 Å². The molecule has 1 saturated heterocycles. The van der Waals surface area contributed by atoms with Gasteiger partial charge in [-0.1, -0.05) is 12.1 Å². The summed E-state index contributed by atoms with van der Waals surface area (Å²) in [6.07, 6.45) is 4.83. The van der Waals surface area contributed by atoms with Gasteiger partial charge in [-0.2, -0.15) is 0 Å². The van der Waals surface area contributed by atoms with E-state index >= 15 is 0 Å². The number of nitrogens with zero attached hydrogens (tertiary/aromatic N) is 1. The van der Waals surface area contributed by atoms with Crippen molar-refractivity contribution in [2.75, 3.05) is 19.9 Å². The molecule has 1 aliphatic carbocycles. The van der Waals surface area contributed by atoms with Crippen LogP contribution in [0.1, 0.15) is 24.1 Å². The Labute approximate surface area is 140 Å². The van der Waals surface area contributed by atoms with Crippen LogP contribution in [0.4, 0.5) is 0 Å². The van der Waals surface area contributed by atoms with Gasteiger partial charge in [0.2, 0.25) is 5.91 Å². The van der Waals surface area contributed by atoms with E-state index in [1.807, 2.05) is 17.5 Å². The Kier molecular flexibility index (Phi) is 5.83. The SMILES string of the molecule is C=CCN(Cc1cccs1)C(=O)COC1CCC2OCOC2C1. The summed E-state index contributed by atoms with van der Waals surface area (Å²) in [5, 5.41) is 2.02. The molecule has 0 aromatic carbocycles. The molecule has 1 amide bonds. The second kappa shape index (κ2) is 8.06. The highest BCUT2D eigenvalue weighted by Crippen LogP contribution is 2.30. The maximum Gasteiger partial charge on any atom is 0.249 e. The minimum atomic E-state index is 0.00372. The van der Waals surface area contributed by atoms with Crippen molar-refractivity contribution < 1.29 is 19.0 Å². The summed E-state index contributed by atoms with van der Waals surface area (Å²) in [6, 6.07) is 4.03. The molecule has 1 saturated carbocycles. The van der Waals surface area contributed by atoms with Crippen molar-refractivity contribution >= 4 is 17.2 Å². The lowest BCUT2D eigenvalue weighted by atomic mass is 9.92. The van der Waals surface area contributed by atoms with Crippen LogP contribution in [0.15, 0.2) is 30.2 Å². The number of ether oxygens (including phenoxy) is 3. The fourth-order valence-electron chi connectivity index (χ4n) is 3.08. The minimum absolute atomic E-state index is 0.00372. The van der Waals surface area contributed by atoms with E-state index < -0.39 is 0 Å². The Morgan fingerprint density at radius 1 is 1.43 bits per heavy atom. The summed E-state index contributed by atoms with van der Waals surface area (Å²) >= 11 is 1.65. The van der Waals surface area contributed by atoms with Crippen molar-refractivity contribution in [3.05, 3.63) is 35.0 Å². The van der Waals surface area contributed by atoms with Crippen molar-refractivity contribution in [2.45, 2.75) is 44.1 Å². The van der Waals surface area contributed by atoms with Gasteiger partial charge < -0.3 is 19.1 Å². The van der Waals surface area contributed by atoms with Gasteiger partial charge in [0.1, 0.15) is 13.4 Å². The average Bonchev–Trinajstić information content (AvgIpc) is 3.22. The van der Waals surface area contributed by atoms with Crippen LogP contribution in [-0.2, 0) is 25.5 Å². The lowest BCUT2D eigenvalue weighted by molar-refractivity contribution is -0.140. The van der Waals surface area contributed by atoms with E-state index in [1.54, 1.807) is 22.3 Å². The molecule has 3 atom stereocenters. The Hall–Kier alpha value is -1.21. The van der Waals surface area contributed by atoms with Crippen molar-refractivity contribution in [3.8, 4) is 0 Å². The van der Waals surface area contributed by atoms with Crippen molar-refractivity contribution in [1.29, 1.82) is 0 Å². The smallest absolute Gasteiger partial charge is 0.249 e. The number of hydrogen-bond donors (Lipinski definition) is 0. The minimum Gasteiger partial charge on any atom is -0.368 e. The summed E-state index contributed by atoms with van der Waals surface area (Å²) in [7, 11) is 0. The molecule has 5 nitrogen and oxygen atoms in total. The zero-order valence-corrected chi connectivity index (χ0v) is 14.0. The van der Waals surface area contributed by atoms with Crippen LogP contribution in [0, 0.1) is 0 Å². The molecule has 3 rings (SSSR count). The van der Waals surface area contributed by atoms with Crippen molar-refractivity contribution in [1.82, 2.24) is 4.90 Å². The molecular formula is C17H23NO4S. The summed E-state index contributed by atoms with van der Waals surface area (Å²) < 4.78 is 16.9. The third-order valence-electron chi connectivity index (χ3n) is 4.32. The van der Waals surface area contributed by atoms with Crippen LogP contribution in [0.3, 0.4) is 0 Å². The zero-order chi connectivity index (χ0) is 16.1. The first-order valence-corrected chi connectivity index (χ1v) is 8.90. The lowest BCUT2D eigenvalue weighted by Crippen LogP contribution is -2.38. The Morgan fingerprint density at radius 3 is 3.09 bits per heavy atom. The first kappa shape index (κ1) is 16.6. The predicted octanol–water partition coefficient (Wildman–Crippen LogP) is 2.57. The van der Waals surface area contributed by atoms with Gasteiger partial charge in [0.15, 0.2) is 0 Å². The van der Waals surface area contributed by atoms with Gasteiger partial charge >= 0.3 is 0 Å². The van der Waals surface area contributed by atoms with E-state index in [9.17, 15) is 4.79 Å². The number of hydrogen-bond acceptors (Lipinski definition) is 5. The van der Waals surface area contributed by atoms with Crippen LogP contribution in [0.5, 0.6) is 0 Å². The first-order chi connectivity index (χ1) is 11.3. The molecule has 3 unspecified atom stereocenters. The molecule has 23 heavy (non-hydrogen) atoms. The Balaban J connectivity index is 1.47. The Bertz CT molecular complexity index is 519. The largest absolute Gasteiger partial charge is 0.368 e. The number of amides is 1. The number of carbonyl (C=O) groups excluding carboxylic acids is 1. The maximum atomic E-state index is 12.4. The van der Waals surface area contributed by atoms with Gasteiger partial charge in [-0.15, -0.1) is 17.9 Å². The van der Waals surface area contributed by atoms with Crippen LogP contribution >= 0.6 is 11.3 Å². The van der Waals surface area contributed by atoms with E-state index in [2.05, 4.69) is 6.58 Å². The predicted molar refractivity (Wildman–Crippen MR) is 88.1 cm³/mol. The van der Waals surface area contributed by atoms with Crippen LogP contribution in [0.25, 0.3) is 0 Å². The first-order valence-electron chi connectivity index (χ1n) is 8.02. The highest BCUT2D eigenvalue weighted by molar-refractivity contribution is 7.09. The van der Waals surface area contributed by atoms with Gasteiger partial charge in [-0.05, 0) is 24.3 Å². The molecule has 0 radical (unpaired) electrons. The van der Waals surface area contributed by atoms with Crippen molar-refractivity contribution in [2.24, 2.45) is 0 Å². The highest BCUT2D eigenvalue weighted by Gasteiger charge is 2.36. The molecule has 2 fully saturated rings. The quantitative estimate of drug-likeness (QED) is 0.718. The molecule has 0 spiro atoms. The molecule has 6 heteroatoms. The third kappa shape index (κ3) is 4.41. The number of carbonyl (C=O) groups is 1. The molecule has 0 N–H and O–H groups in total. The van der Waals surface area contributed by atoms with Crippen LogP contribution in [0.2, 0.25) is 0 Å². The molecule has 1 aromatic rings. The van der Waals surface area contributed by atoms with Gasteiger partial charge in [-0.25, -0.2) is 0 Å². The zero-order valence-electron chi connectivity index (χ0n) is 13.2. The second-order valence-electron chi connectivity index (χ2n) is 5.92. The molecule has 1 aliphatic heterocycles. The van der Waals surface area contributed by atoms with Gasteiger partial charge in [-0.3, -0.25) is 4.79 Å². The van der Waals surface area contributed by atoms with E-state index in [0.29, 0.717) is 19.9 Å². The summed E-state index contributed by atoms with van der Waals surface area (Å²) in [5.41, 5.74) is 0. The van der Waals surface area contributed by atoms with E-state index in [4.69, 9.17) is 14.2 Å². The van der Waals surface area contributed by atoms with E-state index in [1.165, 1.54) is 0 Å². The van der Waals surface area contributed by atoms with E-state index in [-0.39, 0.29) is 30.8 Å². The molecule has 0 bridgehead atoms. The van der Waals surface area contributed by atoms with Gasteiger partial charge in [0, 0.05) is 17.8 Å². The standard InChI is InChI=1S/C17H23NO4S/c1-2-7-18(10-14-4-3-8-23-14)17(19)11-20-13-5-6-15-16(9-13)22-12-21-15/h2-4,8,13,15-16H,1,5-7,9-12H2. The van der Waals surface area contributed by atoms with E-state index in [0.717, 1.165) is 24.1 Å². The lowest BCUT2D eigenvalue weighted by Gasteiger charge is -2.30. The molecular weight excluding hydrogens is 314 g/mol. The van der Waals surface area contributed by atoms with Gasteiger partial charge in [0.25, 0.3) is 0 Å². The normalized spacial score (nSPS) is 26.7.